The number of benzene rings is 12. The molecule has 0 bridgehead atoms. The van der Waals surface area contributed by atoms with Gasteiger partial charge >= 0.3 is 0 Å². The Morgan fingerprint density at radius 1 is 0.339 bits per heavy atom. The summed E-state index contributed by atoms with van der Waals surface area (Å²) in [5.74, 6) is -2.72. The number of furan rings is 4. The number of hydrogen-bond acceptors (Lipinski definition) is 4. The van der Waals surface area contributed by atoms with Gasteiger partial charge in [0.2, 0.25) is 22.8 Å². The minimum Gasteiger partial charge on any atom is -0.456 e. The molecular formula is C110H104N4O4+4. The molecule has 1 atom stereocenters. The summed E-state index contributed by atoms with van der Waals surface area (Å²) in [5.41, 5.74) is 23.8. The third kappa shape index (κ3) is 14.0. The summed E-state index contributed by atoms with van der Waals surface area (Å²) in [5, 5.41) is 18.6. The lowest BCUT2D eigenvalue weighted by molar-refractivity contribution is -0.660. The number of fused-ring (bicyclic) bond motifs is 20. The molecule has 8 heterocycles. The molecule has 20 aromatic rings. The maximum absolute atomic E-state index is 9.13. The number of pyridine rings is 4. The molecule has 0 spiro atoms. The van der Waals surface area contributed by atoms with Crippen LogP contribution in [0.2, 0.25) is 0 Å². The maximum atomic E-state index is 9.13. The molecule has 0 amide bonds. The molecule has 12 aromatic carbocycles. The Morgan fingerprint density at radius 3 is 0.983 bits per heavy atom. The van der Waals surface area contributed by atoms with Crippen molar-refractivity contribution >= 4 is 131 Å². The third-order valence-corrected chi connectivity index (χ3v) is 24.9. The number of hydrogen-bond donors (Lipinski definition) is 0. The van der Waals surface area contributed by atoms with E-state index in [1.165, 1.54) is 78.7 Å². The second-order valence-corrected chi connectivity index (χ2v) is 33.2. The van der Waals surface area contributed by atoms with Crippen molar-refractivity contribution in [3.05, 3.63) is 312 Å². The number of aromatic nitrogens is 4. The summed E-state index contributed by atoms with van der Waals surface area (Å²) in [6.45, 7) is 11.3. The van der Waals surface area contributed by atoms with Crippen LogP contribution in [0.5, 0.6) is 0 Å². The summed E-state index contributed by atoms with van der Waals surface area (Å²) in [6, 6.07) is 83.9. The van der Waals surface area contributed by atoms with E-state index >= 15 is 0 Å². The van der Waals surface area contributed by atoms with Gasteiger partial charge in [-0.15, -0.1) is 0 Å². The Bertz CT molecular complexity index is 7560. The zero-order chi connectivity index (χ0) is 87.8. The molecule has 0 saturated heterocycles. The molecule has 0 radical (unpaired) electrons. The first kappa shape index (κ1) is 66.6. The van der Waals surface area contributed by atoms with Crippen LogP contribution >= 0.6 is 0 Å². The van der Waals surface area contributed by atoms with Crippen molar-refractivity contribution < 1.29 is 46.9 Å². The van der Waals surface area contributed by atoms with Crippen LogP contribution in [0.15, 0.2) is 285 Å². The van der Waals surface area contributed by atoms with Crippen LogP contribution in [0, 0.1) is 33.6 Å². The van der Waals surface area contributed by atoms with Crippen molar-refractivity contribution in [1.29, 1.82) is 0 Å². The zero-order valence-corrected chi connectivity index (χ0v) is 69.3. The third-order valence-electron chi connectivity index (χ3n) is 24.9. The van der Waals surface area contributed by atoms with Crippen molar-refractivity contribution in [2.75, 3.05) is 0 Å². The molecule has 8 aromatic heterocycles. The van der Waals surface area contributed by atoms with Crippen molar-refractivity contribution in [2.45, 2.75) is 137 Å². The SMILES string of the molecule is [2H]C([2H])([2H])C([2H])(C)c1cc[n+](C)c(-c2cc3c(cc2C)oc2ccc4ccccc4c23)c1.[2H]C([2H])(c1cc[n+](C)c(-c2cc3c(cc2C)oc2ccc4ccccc4c23)c1)C(C)C.[2H]C1(c2cc[n+](C)c(-c3cc4c(cc3C)oc3ccc5ccccc5c34)c2)CCCC1.[2H]C1(c2cc[n+](C)c(-c3cc4c(cc3C)oc3ccc5ccccc5c34)c2)CCCCC1. The first-order valence-corrected chi connectivity index (χ1v) is 41.8. The van der Waals surface area contributed by atoms with Crippen molar-refractivity contribution in [1.82, 2.24) is 0 Å². The standard InChI is InChI=1S/C29H28NO.C28H26NO.C27H26NO.C26H24NO/c1-19-16-28-25(29-23-11-7-6-10-21(23)12-13-27(29)31-28)18-24(19)26-17-22(14-15-30(26)2)20-8-4-3-5-9-20;1-18-15-27-24(28-22-10-6-5-9-20(22)11-12-26(28)30-27)17-23(18)25-16-21(13-14-29(25)2)19-7-3-4-8-19;1-17(2)13-19-11-12-28(4)24(15-19)22-16-23-26(14-18(22)3)29-25-10-9-20-7-5-6-8-21(20)27(23)25;1-16(2)19-11-12-27(4)23(14-19)21-15-22-25(13-17(21)3)28-24-10-9-18-7-5-6-8-20(18)26(22)24/h6-7,10-18,20H,3-5,8-9H2,1-2H3;5-6,9-17,19H,3-4,7-8H2,1-2H3;5-12,14-17H,13H2,1-4H3;5-16H,1-4H3/q4*+1/i20D;19D;13D2;1D3,16D. The van der Waals surface area contributed by atoms with Gasteiger partial charge in [-0.05, 0) is 244 Å². The average molecular weight is 1550 g/mol. The minimum absolute atomic E-state index is 0.110. The molecular weight excluding hydrogens is 1440 g/mol. The Kier molecular flexibility index (Phi) is 17.6. The summed E-state index contributed by atoms with van der Waals surface area (Å²) >= 11 is 0. The topological polar surface area (TPSA) is 68.1 Å². The van der Waals surface area contributed by atoms with Crippen LogP contribution in [-0.2, 0) is 34.6 Å². The van der Waals surface area contributed by atoms with Crippen LogP contribution in [0.3, 0.4) is 0 Å². The highest BCUT2D eigenvalue weighted by Crippen LogP contribution is 2.45. The second kappa shape index (κ2) is 31.2. The molecule has 118 heavy (non-hydrogen) atoms. The molecule has 0 N–H and O–H groups in total. The summed E-state index contributed by atoms with van der Waals surface area (Å²) < 4.78 is 100. The van der Waals surface area contributed by atoms with E-state index in [0.717, 1.165) is 195 Å². The lowest BCUT2D eigenvalue weighted by Gasteiger charge is -2.21. The zero-order valence-electron chi connectivity index (χ0n) is 77.3. The fourth-order valence-corrected chi connectivity index (χ4v) is 18.7. The maximum Gasteiger partial charge on any atom is 0.212 e. The van der Waals surface area contributed by atoms with Crippen LogP contribution in [0.1, 0.15) is 159 Å². The highest BCUT2D eigenvalue weighted by molar-refractivity contribution is 6.23. The fourth-order valence-electron chi connectivity index (χ4n) is 18.7. The fraction of sp³-hybridized carbons (Fsp3) is 0.236. The molecule has 8 nitrogen and oxygen atoms in total. The average Bonchev–Trinajstić information content (AvgIpc) is 1.57. The largest absolute Gasteiger partial charge is 0.456 e. The Hall–Kier alpha value is -12.5. The van der Waals surface area contributed by atoms with Gasteiger partial charge in [0.05, 0.1) is 0 Å². The lowest BCUT2D eigenvalue weighted by Crippen LogP contribution is -2.31. The van der Waals surface area contributed by atoms with Crippen molar-refractivity contribution in [3.8, 4) is 45.0 Å². The highest BCUT2D eigenvalue weighted by Gasteiger charge is 2.28. The highest BCUT2D eigenvalue weighted by atomic mass is 16.3. The van der Waals surface area contributed by atoms with E-state index in [1.807, 2.05) is 100 Å². The number of rotatable bonds is 9. The van der Waals surface area contributed by atoms with Gasteiger partial charge in [-0.3, -0.25) is 0 Å². The molecule has 8 heteroatoms. The molecule has 0 aliphatic heterocycles. The van der Waals surface area contributed by atoms with Crippen LogP contribution in [0.4, 0.5) is 0 Å². The Labute approximate surface area is 702 Å². The van der Waals surface area contributed by atoms with E-state index in [4.69, 9.17) is 28.6 Å². The molecule has 22 rings (SSSR count). The predicted molar refractivity (Wildman–Crippen MR) is 490 cm³/mol. The first-order chi connectivity index (χ1) is 60.4. The van der Waals surface area contributed by atoms with E-state index in [2.05, 4.69) is 249 Å². The van der Waals surface area contributed by atoms with Gasteiger partial charge < -0.3 is 17.7 Å². The smallest absolute Gasteiger partial charge is 0.212 e. The van der Waals surface area contributed by atoms with Gasteiger partial charge in [-0.1, -0.05) is 181 Å². The van der Waals surface area contributed by atoms with Crippen LogP contribution < -0.4 is 18.3 Å². The number of nitrogens with zero attached hydrogens (tertiary/aromatic N) is 4. The molecule has 2 aliphatic rings. The van der Waals surface area contributed by atoms with E-state index in [-0.39, 0.29) is 5.92 Å². The molecule has 584 valence electrons. The first-order valence-electron chi connectivity index (χ1n) is 45.8. The van der Waals surface area contributed by atoms with Gasteiger partial charge in [0.25, 0.3) is 0 Å². The van der Waals surface area contributed by atoms with E-state index < -0.39 is 30.9 Å². The van der Waals surface area contributed by atoms with E-state index in [1.54, 1.807) is 6.07 Å². The molecule has 2 saturated carbocycles. The van der Waals surface area contributed by atoms with Crippen LogP contribution in [-0.4, -0.2) is 0 Å². The Balaban J connectivity index is 0.000000110. The Morgan fingerprint density at radius 2 is 0.644 bits per heavy atom. The second-order valence-electron chi connectivity index (χ2n) is 33.2. The molecule has 1 unspecified atom stereocenters. The van der Waals surface area contributed by atoms with Gasteiger partial charge in [-0.2, -0.15) is 0 Å². The van der Waals surface area contributed by atoms with E-state index in [9.17, 15) is 0 Å². The van der Waals surface area contributed by atoms with Gasteiger partial charge in [-0.25, -0.2) is 18.3 Å². The van der Waals surface area contributed by atoms with E-state index in [0.29, 0.717) is 11.1 Å². The minimum atomic E-state index is -2.43. The van der Waals surface area contributed by atoms with Crippen LogP contribution in [0.25, 0.3) is 176 Å². The molecule has 2 fully saturated rings. The number of aryl methyl sites for hydroxylation is 8. The van der Waals surface area contributed by atoms with Gasteiger partial charge in [0.1, 0.15) is 72.9 Å². The summed E-state index contributed by atoms with van der Waals surface area (Å²) in [4.78, 5) is 0. The monoisotopic (exact) mass is 1550 g/mol. The van der Waals surface area contributed by atoms with Crippen molar-refractivity contribution in [2.24, 2.45) is 34.1 Å². The summed E-state index contributed by atoms with van der Waals surface area (Å²) in [6.07, 6.45) is 16.3. The van der Waals surface area contributed by atoms with Gasteiger partial charge in [0, 0.05) is 125 Å². The molecule has 2 aliphatic carbocycles. The summed E-state index contributed by atoms with van der Waals surface area (Å²) in [7, 11) is 8.14. The van der Waals surface area contributed by atoms with Gasteiger partial charge in [0.15, 0.2) is 24.8 Å². The lowest BCUT2D eigenvalue weighted by atomic mass is 9.84. The normalized spacial score (nSPS) is 15.8. The van der Waals surface area contributed by atoms with Crippen molar-refractivity contribution in [3.63, 3.8) is 0 Å². The predicted octanol–water partition coefficient (Wildman–Crippen LogP) is 28.2. The quantitative estimate of drug-likeness (QED) is 0.135.